The van der Waals surface area contributed by atoms with Crippen molar-refractivity contribution in [3.63, 3.8) is 0 Å². The predicted molar refractivity (Wildman–Crippen MR) is 222 cm³/mol. The molecule has 55 heavy (non-hydrogen) atoms. The fraction of sp³-hybridized carbons (Fsp3) is 0.116. The van der Waals surface area contributed by atoms with Crippen LogP contribution in [0.2, 0.25) is 0 Å². The zero-order valence-electron chi connectivity index (χ0n) is 30.6. The topological polar surface area (TPSA) is 122 Å². The summed E-state index contributed by atoms with van der Waals surface area (Å²) in [6, 6.07) is 38.6. The van der Waals surface area contributed by atoms with Gasteiger partial charge >= 0.3 is 0 Å². The lowest BCUT2D eigenvalue weighted by Crippen LogP contribution is -2.30. The number of methoxy groups -OCH3 is 2. The minimum absolute atomic E-state index is 0.0854. The first kappa shape index (κ1) is 38.4. The number of ether oxygens (including phenoxy) is 2. The lowest BCUT2D eigenvalue weighted by molar-refractivity contribution is -0.116. The summed E-state index contributed by atoms with van der Waals surface area (Å²) < 4.78 is 10.8. The number of benzene rings is 5. The Kier molecular flexibility index (Phi) is 12.6. The molecule has 6 aromatic rings. The van der Waals surface area contributed by atoms with Gasteiger partial charge in [-0.1, -0.05) is 60.7 Å². The number of thioether (sulfide) groups is 1. The number of anilines is 3. The van der Waals surface area contributed by atoms with Crippen molar-refractivity contribution in [2.24, 2.45) is 0 Å². The molecule has 1 unspecified atom stereocenters. The number of hydrogen-bond donors (Lipinski definition) is 3. The molecule has 12 heteroatoms. The third kappa shape index (κ3) is 9.99. The molecule has 1 heterocycles. The number of nitrogens with one attached hydrogen (secondary N) is 3. The van der Waals surface area contributed by atoms with Crippen LogP contribution in [0.15, 0.2) is 143 Å². The Balaban J connectivity index is 1.17. The van der Waals surface area contributed by atoms with E-state index in [-0.39, 0.29) is 11.6 Å². The summed E-state index contributed by atoms with van der Waals surface area (Å²) in [5.74, 6) is 0.0773. The van der Waals surface area contributed by atoms with E-state index in [0.717, 1.165) is 27.3 Å². The van der Waals surface area contributed by atoms with Gasteiger partial charge in [0.25, 0.3) is 11.8 Å². The third-order valence-electron chi connectivity index (χ3n) is 8.37. The van der Waals surface area contributed by atoms with Gasteiger partial charge in [-0.25, -0.2) is 4.98 Å². The van der Waals surface area contributed by atoms with Crippen LogP contribution in [0.25, 0.3) is 17.3 Å². The third-order valence-corrected chi connectivity index (χ3v) is 10.4. The Morgan fingerprint density at radius 2 is 1.45 bits per heavy atom. The standard InChI is InChI=1S/C43H39N5O5S2/c1-48(2)33-20-15-28(16-21-33)25-35(45-40(49)30-13-9-6-10-14-30)41(50)44-32-18-22-34(23-19-32)55-39(29-11-7-5-8-12-29)42(51)47-43-46-36(27-54-43)31-17-24-37(52-3)38(26-31)53-4/h5-27,39H,1-4H3,(H,44,50)(H,45,49)(H,46,47,51)/b35-25-. The molecule has 0 spiro atoms. The van der Waals surface area contributed by atoms with Gasteiger partial charge in [0, 0.05) is 46.9 Å². The van der Waals surface area contributed by atoms with Crippen molar-refractivity contribution < 1.29 is 23.9 Å². The van der Waals surface area contributed by atoms with Crippen LogP contribution in [-0.2, 0) is 9.59 Å². The highest BCUT2D eigenvalue weighted by atomic mass is 32.2. The van der Waals surface area contributed by atoms with E-state index in [0.29, 0.717) is 33.6 Å². The first-order valence-corrected chi connectivity index (χ1v) is 18.9. The van der Waals surface area contributed by atoms with Crippen LogP contribution in [0.1, 0.15) is 26.7 Å². The highest BCUT2D eigenvalue weighted by Crippen LogP contribution is 2.38. The first-order valence-electron chi connectivity index (χ1n) is 17.2. The van der Waals surface area contributed by atoms with Crippen LogP contribution in [-0.4, -0.2) is 51.0 Å². The maximum absolute atomic E-state index is 13.8. The largest absolute Gasteiger partial charge is 0.493 e. The maximum atomic E-state index is 13.8. The zero-order valence-corrected chi connectivity index (χ0v) is 32.2. The van der Waals surface area contributed by atoms with Crippen molar-refractivity contribution in [2.75, 3.05) is 43.8 Å². The van der Waals surface area contributed by atoms with E-state index in [1.807, 2.05) is 115 Å². The van der Waals surface area contributed by atoms with Gasteiger partial charge in [-0.3, -0.25) is 14.4 Å². The molecule has 0 aliphatic rings. The molecule has 3 amide bonds. The molecule has 0 saturated carbocycles. The SMILES string of the molecule is COc1ccc(-c2csc(NC(=O)C(Sc3ccc(NC(=O)/C(=C/c4ccc(N(C)C)cc4)NC(=O)c4ccccc4)cc3)c3ccccc3)n2)cc1OC. The molecule has 0 saturated heterocycles. The molecule has 0 bridgehead atoms. The molecule has 1 aromatic heterocycles. The second-order valence-corrected chi connectivity index (χ2v) is 14.4. The van der Waals surface area contributed by atoms with E-state index in [9.17, 15) is 14.4 Å². The number of nitrogens with zero attached hydrogens (tertiary/aromatic N) is 2. The van der Waals surface area contributed by atoms with Crippen molar-refractivity contribution in [2.45, 2.75) is 10.1 Å². The number of amides is 3. The fourth-order valence-corrected chi connectivity index (χ4v) is 7.21. The van der Waals surface area contributed by atoms with Crippen LogP contribution in [0.3, 0.4) is 0 Å². The monoisotopic (exact) mass is 769 g/mol. The van der Waals surface area contributed by atoms with E-state index in [1.165, 1.54) is 23.1 Å². The quantitative estimate of drug-likeness (QED) is 0.0743. The maximum Gasteiger partial charge on any atom is 0.272 e. The van der Waals surface area contributed by atoms with Gasteiger partial charge in [-0.15, -0.1) is 23.1 Å². The molecule has 3 N–H and O–H groups in total. The van der Waals surface area contributed by atoms with Crippen molar-refractivity contribution in [3.05, 3.63) is 155 Å². The van der Waals surface area contributed by atoms with Crippen molar-refractivity contribution in [3.8, 4) is 22.8 Å². The second kappa shape index (κ2) is 18.1. The number of aromatic nitrogens is 1. The van der Waals surface area contributed by atoms with Crippen LogP contribution < -0.4 is 30.3 Å². The molecular weight excluding hydrogens is 731 g/mol. The van der Waals surface area contributed by atoms with Gasteiger partial charge in [-0.2, -0.15) is 0 Å². The van der Waals surface area contributed by atoms with Crippen LogP contribution in [0.4, 0.5) is 16.5 Å². The minimum atomic E-state index is -0.600. The molecular formula is C43H39N5O5S2. The van der Waals surface area contributed by atoms with Gasteiger partial charge in [0.05, 0.1) is 19.9 Å². The summed E-state index contributed by atoms with van der Waals surface area (Å²) in [5, 5.41) is 10.4. The summed E-state index contributed by atoms with van der Waals surface area (Å²) in [6.07, 6.45) is 1.64. The Bertz CT molecular complexity index is 2280. The molecule has 10 nitrogen and oxygen atoms in total. The van der Waals surface area contributed by atoms with Crippen LogP contribution in [0, 0.1) is 0 Å². The second-order valence-electron chi connectivity index (χ2n) is 12.3. The van der Waals surface area contributed by atoms with Crippen LogP contribution >= 0.6 is 23.1 Å². The highest BCUT2D eigenvalue weighted by Gasteiger charge is 2.24. The van der Waals surface area contributed by atoms with Gasteiger partial charge in [0.15, 0.2) is 16.6 Å². The smallest absolute Gasteiger partial charge is 0.272 e. The average Bonchev–Trinajstić information content (AvgIpc) is 3.69. The van der Waals surface area contributed by atoms with Gasteiger partial charge in [0.1, 0.15) is 10.9 Å². The van der Waals surface area contributed by atoms with Crippen LogP contribution in [0.5, 0.6) is 11.5 Å². The highest BCUT2D eigenvalue weighted by molar-refractivity contribution is 8.00. The lowest BCUT2D eigenvalue weighted by Gasteiger charge is -2.17. The van der Waals surface area contributed by atoms with E-state index >= 15 is 0 Å². The predicted octanol–water partition coefficient (Wildman–Crippen LogP) is 8.78. The fourth-order valence-electron chi connectivity index (χ4n) is 5.46. The Morgan fingerprint density at radius 3 is 2.11 bits per heavy atom. The number of rotatable bonds is 14. The van der Waals surface area contributed by atoms with E-state index < -0.39 is 17.1 Å². The summed E-state index contributed by atoms with van der Waals surface area (Å²) >= 11 is 2.71. The Hall–Kier alpha value is -6.37. The molecule has 0 aliphatic heterocycles. The summed E-state index contributed by atoms with van der Waals surface area (Å²) in [5.41, 5.74) is 5.13. The van der Waals surface area contributed by atoms with Gasteiger partial charge in [-0.05, 0) is 83.9 Å². The van der Waals surface area contributed by atoms with Gasteiger partial charge in [0.2, 0.25) is 5.91 Å². The van der Waals surface area contributed by atoms with Crippen molar-refractivity contribution in [1.82, 2.24) is 10.3 Å². The number of carbonyl (C=O) groups is 3. The number of thiazole rings is 1. The lowest BCUT2D eigenvalue weighted by atomic mass is 10.1. The van der Waals surface area contributed by atoms with Crippen molar-refractivity contribution in [1.29, 1.82) is 0 Å². The molecule has 6 rings (SSSR count). The van der Waals surface area contributed by atoms with E-state index in [4.69, 9.17) is 9.47 Å². The molecule has 0 fully saturated rings. The Labute approximate surface area is 328 Å². The first-order chi connectivity index (χ1) is 26.7. The average molecular weight is 770 g/mol. The molecule has 5 aromatic carbocycles. The van der Waals surface area contributed by atoms with Gasteiger partial charge < -0.3 is 30.3 Å². The Morgan fingerprint density at radius 1 is 0.782 bits per heavy atom. The molecule has 0 aliphatic carbocycles. The molecule has 278 valence electrons. The summed E-state index contributed by atoms with van der Waals surface area (Å²) in [7, 11) is 7.06. The van der Waals surface area contributed by atoms with E-state index in [1.54, 1.807) is 56.7 Å². The van der Waals surface area contributed by atoms with Crippen molar-refractivity contribution >= 4 is 63.4 Å². The molecule has 1 atom stereocenters. The molecule has 0 radical (unpaired) electrons. The van der Waals surface area contributed by atoms with E-state index in [2.05, 4.69) is 20.9 Å². The number of hydrogen-bond acceptors (Lipinski definition) is 9. The number of carbonyl (C=O) groups excluding carboxylic acids is 3. The minimum Gasteiger partial charge on any atom is -0.493 e. The normalized spacial score (nSPS) is 11.6. The summed E-state index contributed by atoms with van der Waals surface area (Å²) in [4.78, 5) is 48.0. The zero-order chi connectivity index (χ0) is 38.7. The summed E-state index contributed by atoms with van der Waals surface area (Å²) in [6.45, 7) is 0.